The summed E-state index contributed by atoms with van der Waals surface area (Å²) in [5, 5.41) is 0. The van der Waals surface area contributed by atoms with E-state index in [0.29, 0.717) is 51.6 Å². The second-order valence-electron chi connectivity index (χ2n) is 9.18. The molecule has 3 heterocycles. The van der Waals surface area contributed by atoms with E-state index in [1.54, 1.807) is 9.80 Å². The first-order valence-electron chi connectivity index (χ1n) is 11.1. The Morgan fingerprint density at radius 1 is 1.19 bits per heavy atom. The molecule has 2 aliphatic heterocycles. The van der Waals surface area contributed by atoms with Crippen LogP contribution in [0.1, 0.15) is 32.6 Å². The average molecular weight is 471 g/mol. The number of ether oxygens (including phenoxy) is 2. The Bertz CT molecular complexity index is 940. The van der Waals surface area contributed by atoms with Gasteiger partial charge in [-0.3, -0.25) is 0 Å². The third-order valence-corrected chi connectivity index (χ3v) is 7.75. The maximum absolute atomic E-state index is 14.6. The summed E-state index contributed by atoms with van der Waals surface area (Å²) in [6.07, 6.45) is 5.94. The monoisotopic (exact) mass is 470 g/mol. The Morgan fingerprint density at radius 3 is 2.41 bits per heavy atom. The summed E-state index contributed by atoms with van der Waals surface area (Å²) in [7, 11) is -3.24. The molecule has 9 nitrogen and oxygen atoms in total. The molecule has 0 aromatic carbocycles. The number of anilines is 1. The molecule has 3 aliphatic rings. The minimum atomic E-state index is -3.24. The number of aromatic nitrogens is 1. The molecule has 0 atom stereocenters. The highest BCUT2D eigenvalue weighted by Crippen LogP contribution is 2.39. The van der Waals surface area contributed by atoms with Crippen LogP contribution in [0, 0.1) is 11.7 Å². The van der Waals surface area contributed by atoms with E-state index in [-0.39, 0.29) is 23.4 Å². The van der Waals surface area contributed by atoms with Gasteiger partial charge >= 0.3 is 6.09 Å². The van der Waals surface area contributed by atoms with Crippen LogP contribution in [-0.2, 0) is 14.8 Å². The van der Waals surface area contributed by atoms with Crippen molar-refractivity contribution in [2.24, 2.45) is 5.92 Å². The molecule has 1 aliphatic carbocycles. The van der Waals surface area contributed by atoms with Crippen LogP contribution in [0.15, 0.2) is 12.3 Å². The SMILES string of the molecule is CC1(OC(=O)N2CCC(COc3cnc(N4CCN(S(C)(=O)=O)CC4)c(F)c3)CC2)CC1. The normalized spacial score (nSPS) is 22.0. The smallest absolute Gasteiger partial charge is 0.410 e. The lowest BCUT2D eigenvalue weighted by Crippen LogP contribution is -2.48. The van der Waals surface area contributed by atoms with Crippen LogP contribution in [0.3, 0.4) is 0 Å². The van der Waals surface area contributed by atoms with Gasteiger partial charge in [-0.25, -0.2) is 22.6 Å². The third-order valence-electron chi connectivity index (χ3n) is 6.45. The molecular weight excluding hydrogens is 439 g/mol. The van der Waals surface area contributed by atoms with Crippen molar-refractivity contribution < 1.29 is 27.1 Å². The highest BCUT2D eigenvalue weighted by atomic mass is 32.2. The van der Waals surface area contributed by atoms with E-state index >= 15 is 0 Å². The number of sulfonamides is 1. The number of hydrogen-bond donors (Lipinski definition) is 0. The lowest BCUT2D eigenvalue weighted by atomic mass is 9.98. The lowest BCUT2D eigenvalue weighted by molar-refractivity contribution is 0.0456. The third kappa shape index (κ3) is 5.61. The van der Waals surface area contributed by atoms with E-state index in [1.807, 2.05) is 6.92 Å². The first-order chi connectivity index (χ1) is 15.1. The second kappa shape index (κ2) is 9.01. The van der Waals surface area contributed by atoms with E-state index in [4.69, 9.17) is 9.47 Å². The quantitative estimate of drug-likeness (QED) is 0.629. The first-order valence-corrected chi connectivity index (χ1v) is 12.9. The standard InChI is InChI=1S/C21H31FN4O5S/c1-21(5-6-21)31-20(27)25-7-3-16(4-8-25)15-30-17-13-18(22)19(23-14-17)24-9-11-26(12-10-24)32(2,28)29/h13-14,16H,3-12,15H2,1-2H3. The molecule has 0 N–H and O–H groups in total. The van der Waals surface area contributed by atoms with Crippen LogP contribution in [0.25, 0.3) is 0 Å². The summed E-state index contributed by atoms with van der Waals surface area (Å²) in [6, 6.07) is 1.33. The van der Waals surface area contributed by atoms with E-state index in [0.717, 1.165) is 25.7 Å². The van der Waals surface area contributed by atoms with Gasteiger partial charge in [0.2, 0.25) is 10.0 Å². The predicted molar refractivity (Wildman–Crippen MR) is 117 cm³/mol. The van der Waals surface area contributed by atoms with Crippen LogP contribution in [0.2, 0.25) is 0 Å². The number of piperazine rings is 1. The summed E-state index contributed by atoms with van der Waals surface area (Å²) >= 11 is 0. The number of pyridine rings is 1. The number of nitrogens with zero attached hydrogens (tertiary/aromatic N) is 4. The van der Waals surface area contributed by atoms with Gasteiger partial charge in [0.25, 0.3) is 0 Å². The average Bonchev–Trinajstić information content (AvgIpc) is 3.48. The van der Waals surface area contributed by atoms with Crippen LogP contribution >= 0.6 is 0 Å². The van der Waals surface area contributed by atoms with Crippen molar-refractivity contribution in [1.82, 2.24) is 14.2 Å². The molecular formula is C21H31FN4O5S. The van der Waals surface area contributed by atoms with E-state index < -0.39 is 15.8 Å². The van der Waals surface area contributed by atoms with Crippen molar-refractivity contribution in [2.75, 3.05) is 57.0 Å². The molecule has 1 aromatic heterocycles. The summed E-state index contributed by atoms with van der Waals surface area (Å²) < 4.78 is 50.6. The van der Waals surface area contributed by atoms with Crippen molar-refractivity contribution in [3.8, 4) is 5.75 Å². The number of carbonyl (C=O) groups excluding carboxylic acids is 1. The van der Waals surface area contributed by atoms with Gasteiger partial charge < -0.3 is 19.3 Å². The molecule has 1 aromatic rings. The molecule has 2 saturated heterocycles. The van der Waals surface area contributed by atoms with Gasteiger partial charge in [0.05, 0.1) is 19.1 Å². The minimum absolute atomic E-state index is 0.210. The number of rotatable bonds is 6. The number of likely N-dealkylation sites (tertiary alicyclic amines) is 1. The largest absolute Gasteiger partial charge is 0.492 e. The fraction of sp³-hybridized carbons (Fsp3) is 0.714. The fourth-order valence-corrected chi connectivity index (χ4v) is 4.83. The van der Waals surface area contributed by atoms with Crippen LogP contribution in [0.4, 0.5) is 15.0 Å². The van der Waals surface area contributed by atoms with Gasteiger partial charge in [-0.2, -0.15) is 4.31 Å². The predicted octanol–water partition coefficient (Wildman–Crippen LogP) is 2.08. The zero-order chi connectivity index (χ0) is 22.9. The summed E-state index contributed by atoms with van der Waals surface area (Å²) in [4.78, 5) is 19.9. The maximum atomic E-state index is 14.6. The number of carbonyl (C=O) groups is 1. The molecule has 11 heteroatoms. The molecule has 0 radical (unpaired) electrons. The van der Waals surface area contributed by atoms with Gasteiger partial charge in [-0.05, 0) is 38.5 Å². The van der Waals surface area contributed by atoms with Crippen LogP contribution < -0.4 is 9.64 Å². The van der Waals surface area contributed by atoms with Crippen molar-refractivity contribution in [3.63, 3.8) is 0 Å². The topological polar surface area (TPSA) is 92.3 Å². The molecule has 0 bridgehead atoms. The minimum Gasteiger partial charge on any atom is -0.492 e. The molecule has 3 fully saturated rings. The molecule has 1 amide bonds. The zero-order valence-electron chi connectivity index (χ0n) is 18.6. The Kier molecular flexibility index (Phi) is 6.49. The Balaban J connectivity index is 1.23. The van der Waals surface area contributed by atoms with E-state index in [1.165, 1.54) is 22.8 Å². The van der Waals surface area contributed by atoms with Crippen LogP contribution in [-0.4, -0.2) is 86.4 Å². The fourth-order valence-electron chi connectivity index (χ4n) is 4.01. The van der Waals surface area contributed by atoms with E-state index in [2.05, 4.69) is 4.98 Å². The summed E-state index contributed by atoms with van der Waals surface area (Å²) in [5.74, 6) is 0.370. The number of amides is 1. The van der Waals surface area contributed by atoms with Crippen molar-refractivity contribution in [1.29, 1.82) is 0 Å². The summed E-state index contributed by atoms with van der Waals surface area (Å²) in [5.41, 5.74) is -0.262. The molecule has 178 valence electrons. The van der Waals surface area contributed by atoms with Crippen molar-refractivity contribution in [3.05, 3.63) is 18.1 Å². The Labute approximate surface area is 188 Å². The van der Waals surface area contributed by atoms with Crippen molar-refractivity contribution >= 4 is 21.9 Å². The van der Waals surface area contributed by atoms with Gasteiger partial charge in [0.1, 0.15) is 11.4 Å². The Hall–Kier alpha value is -2.14. The number of hydrogen-bond acceptors (Lipinski definition) is 7. The molecule has 4 rings (SSSR count). The molecule has 0 spiro atoms. The molecule has 0 unspecified atom stereocenters. The van der Waals surface area contributed by atoms with E-state index in [9.17, 15) is 17.6 Å². The van der Waals surface area contributed by atoms with Gasteiger partial charge in [-0.15, -0.1) is 0 Å². The number of piperidine rings is 1. The van der Waals surface area contributed by atoms with Gasteiger partial charge in [0, 0.05) is 45.3 Å². The van der Waals surface area contributed by atoms with Crippen LogP contribution in [0.5, 0.6) is 5.75 Å². The maximum Gasteiger partial charge on any atom is 0.410 e. The first kappa shape index (κ1) is 23.0. The van der Waals surface area contributed by atoms with Crippen molar-refractivity contribution in [2.45, 2.75) is 38.2 Å². The second-order valence-corrected chi connectivity index (χ2v) is 11.2. The highest BCUT2D eigenvalue weighted by molar-refractivity contribution is 7.88. The molecule has 32 heavy (non-hydrogen) atoms. The van der Waals surface area contributed by atoms with Gasteiger partial charge in [-0.1, -0.05) is 0 Å². The number of halogens is 1. The Morgan fingerprint density at radius 2 is 1.84 bits per heavy atom. The van der Waals surface area contributed by atoms with Gasteiger partial charge in [0.15, 0.2) is 11.6 Å². The zero-order valence-corrected chi connectivity index (χ0v) is 19.4. The molecule has 1 saturated carbocycles. The highest BCUT2D eigenvalue weighted by Gasteiger charge is 2.43. The summed E-state index contributed by atoms with van der Waals surface area (Å²) in [6.45, 7) is 5.05. The lowest BCUT2D eigenvalue weighted by Gasteiger charge is -2.34.